The summed E-state index contributed by atoms with van der Waals surface area (Å²) in [4.78, 5) is 16.6. The largest absolute Gasteiger partial charge is 1.00 e. The third-order valence-electron chi connectivity index (χ3n) is 5.16. The van der Waals surface area contributed by atoms with Crippen LogP contribution in [0.25, 0.3) is 16.4 Å². The summed E-state index contributed by atoms with van der Waals surface area (Å²) < 4.78 is 32.2. The van der Waals surface area contributed by atoms with Crippen LogP contribution < -0.4 is 66.8 Å². The van der Waals surface area contributed by atoms with Gasteiger partial charge in [0.1, 0.15) is 11.4 Å². The van der Waals surface area contributed by atoms with E-state index in [1.54, 1.807) is 25.2 Å². The number of methoxy groups -OCH3 is 1. The van der Waals surface area contributed by atoms with Gasteiger partial charge in [0.15, 0.2) is 0 Å². The quantitative estimate of drug-likeness (QED) is 0.441. The topological polar surface area (TPSA) is 77.4 Å². The Morgan fingerprint density at radius 2 is 2.15 bits per heavy atom. The van der Waals surface area contributed by atoms with Crippen molar-refractivity contribution in [3.05, 3.63) is 58.1 Å². The normalized spacial score (nSPS) is 16.5. The summed E-state index contributed by atoms with van der Waals surface area (Å²) in [6.07, 6.45) is 2.86. The molecule has 1 amide bonds. The average molecular weight is 509 g/mol. The SMILES string of the molecule is CNC(=O)Cc1ccc([N-]C2NC=C(C#CC3CC3)S2)c(-c2cc(C(F)F)ncc2OC)c1.[K+]. The monoisotopic (exact) mass is 508 g/mol. The molecule has 34 heavy (non-hydrogen) atoms. The van der Waals surface area contributed by atoms with Crippen molar-refractivity contribution in [3.8, 4) is 28.7 Å². The van der Waals surface area contributed by atoms with E-state index in [1.807, 2.05) is 6.20 Å². The zero-order valence-corrected chi connectivity index (χ0v) is 23.1. The number of rotatable bonds is 7. The number of likely N-dealkylation sites (N-methyl/N-ethyl adjacent to an activating group) is 1. The van der Waals surface area contributed by atoms with Gasteiger partial charge in [0.2, 0.25) is 5.91 Å². The van der Waals surface area contributed by atoms with Crippen molar-refractivity contribution >= 4 is 23.4 Å². The number of halogens is 2. The molecule has 0 radical (unpaired) electrons. The molecule has 4 rings (SSSR count). The number of benzene rings is 1. The Labute approximate surface area is 244 Å². The van der Waals surface area contributed by atoms with Crippen molar-refractivity contribution in [1.29, 1.82) is 0 Å². The molecule has 1 aliphatic carbocycles. The first kappa shape index (κ1) is 27.0. The van der Waals surface area contributed by atoms with Gasteiger partial charge in [-0.2, -0.15) is 0 Å². The Hall–Kier alpha value is -1.61. The van der Waals surface area contributed by atoms with Crippen LogP contribution in [-0.4, -0.2) is 30.5 Å². The summed E-state index contributed by atoms with van der Waals surface area (Å²) in [6.45, 7) is 0. The van der Waals surface area contributed by atoms with Crippen molar-refractivity contribution in [3.63, 3.8) is 0 Å². The Bertz CT molecular complexity index is 1150. The predicted molar refractivity (Wildman–Crippen MR) is 125 cm³/mol. The molecule has 172 valence electrons. The number of carbonyl (C=O) groups is 1. The van der Waals surface area contributed by atoms with Gasteiger partial charge in [0.25, 0.3) is 6.43 Å². The van der Waals surface area contributed by atoms with Gasteiger partial charge >= 0.3 is 51.4 Å². The van der Waals surface area contributed by atoms with Gasteiger partial charge in [-0.25, -0.2) is 8.78 Å². The first-order chi connectivity index (χ1) is 16.0. The molecule has 6 nitrogen and oxygen atoms in total. The van der Waals surface area contributed by atoms with Crippen molar-refractivity contribution in [2.75, 3.05) is 14.2 Å². The van der Waals surface area contributed by atoms with Crippen LogP contribution in [0, 0.1) is 17.8 Å². The number of nitrogens with zero attached hydrogens (tertiary/aromatic N) is 2. The number of thioether (sulfide) groups is 1. The fourth-order valence-electron chi connectivity index (χ4n) is 3.24. The van der Waals surface area contributed by atoms with Crippen molar-refractivity contribution < 1.29 is 69.7 Å². The number of aromatic nitrogens is 1. The minimum atomic E-state index is -2.73. The van der Waals surface area contributed by atoms with Gasteiger partial charge in [-0.15, -0.1) is 17.4 Å². The van der Waals surface area contributed by atoms with Crippen LogP contribution in [0.15, 0.2) is 41.6 Å². The molecule has 0 spiro atoms. The summed E-state index contributed by atoms with van der Waals surface area (Å²) in [5, 5.41) is 10.6. The Balaban J connectivity index is 0.00000324. The van der Waals surface area contributed by atoms with E-state index in [0.717, 1.165) is 23.3 Å². The molecule has 0 saturated heterocycles. The fraction of sp³-hybridized carbons (Fsp3) is 0.333. The number of nitrogens with one attached hydrogen (secondary N) is 2. The smallest absolute Gasteiger partial charge is 0.656 e. The molecule has 2 aliphatic rings. The van der Waals surface area contributed by atoms with Crippen LogP contribution in [0.4, 0.5) is 14.5 Å². The van der Waals surface area contributed by atoms with E-state index < -0.39 is 6.43 Å². The van der Waals surface area contributed by atoms with Crippen LogP contribution in [0.3, 0.4) is 0 Å². The summed E-state index contributed by atoms with van der Waals surface area (Å²) in [6, 6.07) is 6.68. The number of alkyl halides is 2. The van der Waals surface area contributed by atoms with E-state index in [4.69, 9.17) is 10.1 Å². The van der Waals surface area contributed by atoms with Gasteiger partial charge in [-0.05, 0) is 30.0 Å². The molecule has 10 heteroatoms. The average Bonchev–Trinajstić information content (AvgIpc) is 3.55. The molecule has 1 unspecified atom stereocenters. The molecule has 1 aromatic carbocycles. The second kappa shape index (κ2) is 12.4. The van der Waals surface area contributed by atoms with E-state index in [2.05, 4.69) is 27.5 Å². The van der Waals surface area contributed by atoms with Gasteiger partial charge in [-0.1, -0.05) is 30.0 Å². The maximum absolute atomic E-state index is 13.4. The molecule has 2 aromatic rings. The van der Waals surface area contributed by atoms with E-state index in [0.29, 0.717) is 28.5 Å². The van der Waals surface area contributed by atoms with Crippen LogP contribution >= 0.6 is 11.8 Å². The maximum atomic E-state index is 13.4. The predicted octanol–water partition coefficient (Wildman–Crippen LogP) is 1.87. The number of carbonyl (C=O) groups excluding carboxylic acids is 1. The minimum Gasteiger partial charge on any atom is -0.656 e. The summed E-state index contributed by atoms with van der Waals surface area (Å²) in [5.74, 6) is 7.10. The van der Waals surface area contributed by atoms with Crippen LogP contribution in [-0.2, 0) is 11.2 Å². The van der Waals surface area contributed by atoms with E-state index in [9.17, 15) is 13.6 Å². The molecule has 1 atom stereocenters. The zero-order valence-electron chi connectivity index (χ0n) is 19.2. The van der Waals surface area contributed by atoms with E-state index in [1.165, 1.54) is 31.1 Å². The molecule has 2 heterocycles. The second-order valence-corrected chi connectivity index (χ2v) is 8.75. The van der Waals surface area contributed by atoms with Gasteiger partial charge in [-0.3, -0.25) is 9.78 Å². The zero-order chi connectivity index (χ0) is 23.4. The van der Waals surface area contributed by atoms with Gasteiger partial charge in [0.05, 0.1) is 24.6 Å². The van der Waals surface area contributed by atoms with Gasteiger partial charge in [0, 0.05) is 30.2 Å². The molecule has 1 saturated carbocycles. The van der Waals surface area contributed by atoms with Gasteiger partial charge < -0.3 is 20.7 Å². The standard InChI is InChI=1S/C24H24F2N4O2S.K/c1-27-22(31)10-15-6-8-19(30-24-29-12-16(33-24)7-5-14-3-4-14)17(9-15)18-11-20(23(25)26)28-13-21(18)32-2;/h6,8-9,11-14,23-24,29H,3-4,10H2,1-2H3,(H2,27,28,30,31);/q;+1/p-1. The number of amides is 1. The molecule has 1 aromatic heterocycles. The molecule has 0 bridgehead atoms. The Morgan fingerprint density at radius 1 is 1.35 bits per heavy atom. The summed E-state index contributed by atoms with van der Waals surface area (Å²) in [5.41, 5.74) is 1.65. The molecule has 1 fully saturated rings. The number of pyridine rings is 1. The number of hydrogen-bond acceptors (Lipinski definition) is 5. The third-order valence-corrected chi connectivity index (χ3v) is 6.09. The summed E-state index contributed by atoms with van der Waals surface area (Å²) in [7, 11) is 3.02. The van der Waals surface area contributed by atoms with Crippen LogP contribution in [0.1, 0.15) is 30.5 Å². The second-order valence-electron chi connectivity index (χ2n) is 7.63. The molecule has 2 N–H and O–H groups in total. The molecule has 1 aliphatic heterocycles. The van der Waals surface area contributed by atoms with E-state index in [-0.39, 0.29) is 74.9 Å². The van der Waals surface area contributed by atoms with Crippen molar-refractivity contribution in [2.24, 2.45) is 5.92 Å². The van der Waals surface area contributed by atoms with Crippen molar-refractivity contribution in [1.82, 2.24) is 15.6 Å². The maximum Gasteiger partial charge on any atom is 1.00 e. The first-order valence-electron chi connectivity index (χ1n) is 10.5. The first-order valence-corrected chi connectivity index (χ1v) is 11.4. The molecular weight excluding hydrogens is 485 g/mol. The van der Waals surface area contributed by atoms with E-state index >= 15 is 0 Å². The number of hydrogen-bond donors (Lipinski definition) is 2. The Kier molecular flexibility index (Phi) is 9.82. The molecular formula is C24H23F2KN4O2S. The number of ether oxygens (including phenoxy) is 1. The number of allylic oxidation sites excluding steroid dienone is 1. The third kappa shape index (κ3) is 6.96. The van der Waals surface area contributed by atoms with Crippen LogP contribution in [0.5, 0.6) is 5.75 Å². The van der Waals surface area contributed by atoms with Crippen LogP contribution in [0.2, 0.25) is 0 Å². The minimum absolute atomic E-state index is 0. The summed E-state index contributed by atoms with van der Waals surface area (Å²) >= 11 is 1.50. The Morgan fingerprint density at radius 3 is 2.82 bits per heavy atom. The van der Waals surface area contributed by atoms with Crippen molar-refractivity contribution in [2.45, 2.75) is 31.2 Å². The fourth-order valence-corrected chi connectivity index (χ4v) is 4.04.